The summed E-state index contributed by atoms with van der Waals surface area (Å²) in [5.41, 5.74) is -1.01. The first-order valence-electron chi connectivity index (χ1n) is 12.2. The zero-order valence-electron chi connectivity index (χ0n) is 21.4. The molecule has 2 aromatic rings. The van der Waals surface area contributed by atoms with E-state index in [2.05, 4.69) is 0 Å². The number of esters is 3. The minimum absolute atomic E-state index is 0.00573. The van der Waals surface area contributed by atoms with Gasteiger partial charge in [0.15, 0.2) is 0 Å². The second-order valence-corrected chi connectivity index (χ2v) is 8.43. The third-order valence-corrected chi connectivity index (χ3v) is 5.58. The quantitative estimate of drug-likeness (QED) is 0.112. The van der Waals surface area contributed by atoms with Crippen molar-refractivity contribution in [2.75, 3.05) is 26.4 Å². The Morgan fingerprint density at radius 2 is 1.27 bits per heavy atom. The van der Waals surface area contributed by atoms with Crippen molar-refractivity contribution in [3.8, 4) is 0 Å². The molecule has 0 fully saturated rings. The highest BCUT2D eigenvalue weighted by Crippen LogP contribution is 2.24. The van der Waals surface area contributed by atoms with E-state index in [1.54, 1.807) is 6.07 Å². The Morgan fingerprint density at radius 3 is 1.90 bits per heavy atom. The van der Waals surface area contributed by atoms with E-state index in [-0.39, 0.29) is 42.4 Å². The van der Waals surface area contributed by atoms with Crippen LogP contribution in [-0.4, -0.2) is 81.8 Å². The maximum absolute atomic E-state index is 12.6. The SMILES string of the molecule is O=C(O)CCCCC(=O)OCC(O)c1cccc(C(=O)OCCOC(=O)c2ccccc2C(O)CO)c1C(=O)O. The van der Waals surface area contributed by atoms with E-state index in [4.69, 9.17) is 24.4 Å². The Morgan fingerprint density at radius 1 is 0.700 bits per heavy atom. The molecule has 0 aliphatic carbocycles. The Labute approximate surface area is 228 Å². The largest absolute Gasteiger partial charge is 0.481 e. The van der Waals surface area contributed by atoms with Crippen LogP contribution >= 0.6 is 0 Å². The van der Waals surface area contributed by atoms with Gasteiger partial charge in [0.1, 0.15) is 32.0 Å². The third-order valence-electron chi connectivity index (χ3n) is 5.58. The standard InChI is InChI=1S/C27H30O13/c28-14-20(29)16-6-1-2-7-17(16)26(36)38-12-13-39-27(37)19-9-5-8-18(24(19)25(34)35)21(30)15-40-23(33)11-4-3-10-22(31)32/h1-2,5-9,20-21,28-30H,3-4,10-15H2,(H,31,32)(H,34,35). The predicted octanol–water partition coefficient (Wildman–Crippen LogP) is 1.65. The van der Waals surface area contributed by atoms with E-state index in [9.17, 15) is 39.3 Å². The maximum atomic E-state index is 12.6. The zero-order valence-corrected chi connectivity index (χ0v) is 21.4. The minimum Gasteiger partial charge on any atom is -0.481 e. The molecule has 2 rings (SSSR count). The molecule has 0 aliphatic heterocycles. The number of rotatable bonds is 16. The van der Waals surface area contributed by atoms with Crippen molar-refractivity contribution in [1.82, 2.24) is 0 Å². The van der Waals surface area contributed by atoms with E-state index >= 15 is 0 Å². The van der Waals surface area contributed by atoms with Gasteiger partial charge in [-0.3, -0.25) is 9.59 Å². The molecule has 0 bridgehead atoms. The molecule has 0 aliphatic rings. The highest BCUT2D eigenvalue weighted by atomic mass is 16.6. The van der Waals surface area contributed by atoms with Gasteiger partial charge in [-0.05, 0) is 36.1 Å². The van der Waals surface area contributed by atoms with Crippen LogP contribution in [-0.2, 0) is 23.8 Å². The molecule has 0 spiro atoms. The van der Waals surface area contributed by atoms with Gasteiger partial charge in [-0.1, -0.05) is 30.3 Å². The third kappa shape index (κ3) is 9.45. The summed E-state index contributed by atoms with van der Waals surface area (Å²) < 4.78 is 15.0. The van der Waals surface area contributed by atoms with E-state index in [1.165, 1.54) is 30.3 Å². The van der Waals surface area contributed by atoms with Crippen molar-refractivity contribution in [1.29, 1.82) is 0 Å². The van der Waals surface area contributed by atoms with E-state index < -0.39 is 79.6 Å². The van der Waals surface area contributed by atoms with E-state index in [1.807, 2.05) is 0 Å². The Kier molecular flexibility index (Phi) is 12.7. The number of benzene rings is 2. The number of hydrogen-bond donors (Lipinski definition) is 5. The van der Waals surface area contributed by atoms with E-state index in [0.717, 1.165) is 6.07 Å². The van der Waals surface area contributed by atoms with Crippen LogP contribution in [0.2, 0.25) is 0 Å². The van der Waals surface area contributed by atoms with Crippen molar-refractivity contribution >= 4 is 29.8 Å². The number of aliphatic hydroxyl groups is 3. The van der Waals surface area contributed by atoms with Crippen LogP contribution in [0.1, 0.15) is 80.1 Å². The number of ether oxygens (including phenoxy) is 3. The van der Waals surface area contributed by atoms with Gasteiger partial charge in [0.25, 0.3) is 0 Å². The van der Waals surface area contributed by atoms with Crippen LogP contribution in [0.3, 0.4) is 0 Å². The summed E-state index contributed by atoms with van der Waals surface area (Å²) in [5.74, 6) is -5.17. The average Bonchev–Trinajstić information content (AvgIpc) is 2.94. The number of carbonyl (C=O) groups is 5. The number of aliphatic hydroxyl groups excluding tert-OH is 3. The minimum atomic E-state index is -1.59. The van der Waals surface area contributed by atoms with Crippen molar-refractivity contribution in [3.63, 3.8) is 0 Å². The molecule has 216 valence electrons. The second-order valence-electron chi connectivity index (χ2n) is 8.43. The number of carbonyl (C=O) groups excluding carboxylic acids is 3. The smallest absolute Gasteiger partial charge is 0.339 e. The maximum Gasteiger partial charge on any atom is 0.339 e. The molecule has 0 heterocycles. The fourth-order valence-corrected chi connectivity index (χ4v) is 3.63. The fraction of sp³-hybridized carbons (Fsp3) is 0.370. The van der Waals surface area contributed by atoms with Gasteiger partial charge >= 0.3 is 29.8 Å². The van der Waals surface area contributed by atoms with Crippen LogP contribution in [0.4, 0.5) is 0 Å². The average molecular weight is 563 g/mol. The van der Waals surface area contributed by atoms with Gasteiger partial charge in [-0.2, -0.15) is 0 Å². The molecule has 13 nitrogen and oxygen atoms in total. The molecule has 40 heavy (non-hydrogen) atoms. The van der Waals surface area contributed by atoms with Crippen LogP contribution in [0.15, 0.2) is 42.5 Å². The summed E-state index contributed by atoms with van der Waals surface area (Å²) in [5, 5.41) is 47.7. The van der Waals surface area contributed by atoms with Gasteiger partial charge in [-0.25, -0.2) is 14.4 Å². The number of unbranched alkanes of at least 4 members (excludes halogenated alkanes) is 1. The first kappa shape index (κ1) is 31.9. The molecule has 13 heteroatoms. The van der Waals surface area contributed by atoms with Gasteiger partial charge in [0.2, 0.25) is 0 Å². The molecule has 0 saturated carbocycles. The van der Waals surface area contributed by atoms with Crippen molar-refractivity contribution in [2.24, 2.45) is 0 Å². The van der Waals surface area contributed by atoms with Crippen LogP contribution in [0.25, 0.3) is 0 Å². The topological polar surface area (TPSA) is 214 Å². The van der Waals surface area contributed by atoms with Crippen LogP contribution in [0.5, 0.6) is 0 Å². The first-order valence-corrected chi connectivity index (χ1v) is 12.2. The molecule has 2 aromatic carbocycles. The number of carboxylic acid groups (broad SMARTS) is 2. The molecule has 0 aromatic heterocycles. The predicted molar refractivity (Wildman–Crippen MR) is 134 cm³/mol. The van der Waals surface area contributed by atoms with E-state index in [0.29, 0.717) is 0 Å². The highest BCUT2D eigenvalue weighted by molar-refractivity contribution is 6.03. The lowest BCUT2D eigenvalue weighted by Gasteiger charge is -2.16. The Hall–Kier alpha value is -4.33. The molecule has 0 radical (unpaired) electrons. The monoisotopic (exact) mass is 562 g/mol. The Bertz CT molecular complexity index is 1210. The van der Waals surface area contributed by atoms with Gasteiger partial charge < -0.3 is 39.7 Å². The first-order chi connectivity index (χ1) is 19.1. The Balaban J connectivity index is 1.97. The molecule has 2 atom stereocenters. The molecular formula is C27H30O13. The van der Waals surface area contributed by atoms with Crippen LogP contribution < -0.4 is 0 Å². The summed E-state index contributed by atoms with van der Waals surface area (Å²) in [6.07, 6.45) is -2.56. The van der Waals surface area contributed by atoms with Crippen LogP contribution in [0, 0.1) is 0 Å². The van der Waals surface area contributed by atoms with Gasteiger partial charge in [-0.15, -0.1) is 0 Å². The fourth-order valence-electron chi connectivity index (χ4n) is 3.63. The normalized spacial score (nSPS) is 12.2. The number of aromatic carboxylic acids is 1. The molecular weight excluding hydrogens is 532 g/mol. The molecule has 2 unspecified atom stereocenters. The van der Waals surface area contributed by atoms with Crippen molar-refractivity contribution in [3.05, 3.63) is 70.3 Å². The van der Waals surface area contributed by atoms with Gasteiger partial charge in [0, 0.05) is 12.8 Å². The number of hydrogen-bond acceptors (Lipinski definition) is 11. The number of aliphatic carboxylic acids is 1. The molecule has 5 N–H and O–H groups in total. The summed E-state index contributed by atoms with van der Waals surface area (Å²) in [6, 6.07) is 9.62. The summed E-state index contributed by atoms with van der Waals surface area (Å²) in [6.45, 7) is -2.06. The highest BCUT2D eigenvalue weighted by Gasteiger charge is 2.26. The summed E-state index contributed by atoms with van der Waals surface area (Å²) >= 11 is 0. The molecule has 0 amide bonds. The van der Waals surface area contributed by atoms with Crippen molar-refractivity contribution in [2.45, 2.75) is 37.9 Å². The van der Waals surface area contributed by atoms with Crippen molar-refractivity contribution < 1.29 is 63.7 Å². The lowest BCUT2D eigenvalue weighted by Crippen LogP contribution is -2.20. The van der Waals surface area contributed by atoms with Gasteiger partial charge in [0.05, 0.1) is 23.3 Å². The second kappa shape index (κ2) is 15.9. The zero-order chi connectivity index (χ0) is 29.7. The number of carboxylic acids is 2. The lowest BCUT2D eigenvalue weighted by molar-refractivity contribution is -0.147. The lowest BCUT2D eigenvalue weighted by atomic mass is 9.97. The molecule has 0 saturated heterocycles. The summed E-state index contributed by atoms with van der Waals surface area (Å²) in [4.78, 5) is 59.2. The summed E-state index contributed by atoms with van der Waals surface area (Å²) in [7, 11) is 0.